The van der Waals surface area contributed by atoms with Gasteiger partial charge in [-0.05, 0) is 38.3 Å². The summed E-state index contributed by atoms with van der Waals surface area (Å²) < 4.78 is 5.31. The molecule has 2 atom stereocenters. The van der Waals surface area contributed by atoms with Crippen LogP contribution in [0.4, 0.5) is 4.79 Å². The zero-order valence-corrected chi connectivity index (χ0v) is 9.63. The van der Waals surface area contributed by atoms with Crippen molar-refractivity contribution in [2.24, 2.45) is 5.92 Å². The van der Waals surface area contributed by atoms with E-state index >= 15 is 0 Å². The number of ether oxygens (including phenoxy) is 1. The first-order valence-electron chi connectivity index (χ1n) is 6.17. The molecule has 2 heterocycles. The molecule has 0 aromatic rings. The summed E-state index contributed by atoms with van der Waals surface area (Å²) in [6.07, 6.45) is 3.22. The second kappa shape index (κ2) is 6.06. The zero-order valence-electron chi connectivity index (χ0n) is 9.63. The molecule has 5 nitrogen and oxygen atoms in total. The van der Waals surface area contributed by atoms with E-state index in [2.05, 4.69) is 16.0 Å². The Morgan fingerprint density at radius 1 is 1.44 bits per heavy atom. The fraction of sp³-hybridized carbons (Fsp3) is 0.909. The van der Waals surface area contributed by atoms with Crippen molar-refractivity contribution < 1.29 is 9.53 Å². The first-order chi connectivity index (χ1) is 7.84. The summed E-state index contributed by atoms with van der Waals surface area (Å²) in [5.74, 6) is 0.591. The maximum atomic E-state index is 11.6. The smallest absolute Gasteiger partial charge is 0.315 e. The third kappa shape index (κ3) is 3.64. The van der Waals surface area contributed by atoms with Gasteiger partial charge in [-0.1, -0.05) is 0 Å². The van der Waals surface area contributed by atoms with E-state index < -0.39 is 0 Å². The van der Waals surface area contributed by atoms with Crippen LogP contribution in [0.3, 0.4) is 0 Å². The van der Waals surface area contributed by atoms with E-state index in [-0.39, 0.29) is 12.1 Å². The largest absolute Gasteiger partial charge is 0.379 e. The van der Waals surface area contributed by atoms with Crippen LogP contribution in [-0.4, -0.2) is 44.9 Å². The van der Waals surface area contributed by atoms with Crippen molar-refractivity contribution in [1.82, 2.24) is 16.0 Å². The molecule has 2 aliphatic heterocycles. The third-order valence-electron chi connectivity index (χ3n) is 3.21. The standard InChI is InChI=1S/C11H21N3O2/c15-11(13-7-9-3-4-12-6-9)14-10-2-1-5-16-8-10/h9-10,12H,1-8H2,(H2,13,14,15). The van der Waals surface area contributed by atoms with Crippen LogP contribution < -0.4 is 16.0 Å². The molecule has 2 amide bonds. The highest BCUT2D eigenvalue weighted by Gasteiger charge is 2.18. The summed E-state index contributed by atoms with van der Waals surface area (Å²) >= 11 is 0. The quantitative estimate of drug-likeness (QED) is 0.639. The fourth-order valence-electron chi connectivity index (χ4n) is 2.22. The molecule has 0 bridgehead atoms. The number of nitrogens with one attached hydrogen (secondary N) is 3. The van der Waals surface area contributed by atoms with E-state index in [1.165, 1.54) is 0 Å². The number of urea groups is 1. The highest BCUT2D eigenvalue weighted by Crippen LogP contribution is 2.06. The molecular weight excluding hydrogens is 206 g/mol. The topological polar surface area (TPSA) is 62.4 Å². The molecule has 5 heteroatoms. The lowest BCUT2D eigenvalue weighted by Crippen LogP contribution is -2.46. The average molecular weight is 227 g/mol. The minimum atomic E-state index is -0.0533. The molecule has 2 fully saturated rings. The van der Waals surface area contributed by atoms with Gasteiger partial charge in [0.15, 0.2) is 0 Å². The first-order valence-corrected chi connectivity index (χ1v) is 6.17. The van der Waals surface area contributed by atoms with Gasteiger partial charge in [0.05, 0.1) is 12.6 Å². The Balaban J connectivity index is 1.59. The van der Waals surface area contributed by atoms with Gasteiger partial charge in [-0.25, -0.2) is 4.79 Å². The van der Waals surface area contributed by atoms with Crippen molar-refractivity contribution in [3.05, 3.63) is 0 Å². The van der Waals surface area contributed by atoms with Gasteiger partial charge in [0.1, 0.15) is 0 Å². The summed E-state index contributed by atoms with van der Waals surface area (Å²) in [5, 5.41) is 9.16. The summed E-state index contributed by atoms with van der Waals surface area (Å²) in [4.78, 5) is 11.6. The monoisotopic (exact) mass is 227 g/mol. The second-order valence-corrected chi connectivity index (χ2v) is 4.63. The zero-order chi connectivity index (χ0) is 11.2. The maximum absolute atomic E-state index is 11.6. The molecule has 92 valence electrons. The van der Waals surface area contributed by atoms with Gasteiger partial charge in [-0.3, -0.25) is 0 Å². The number of amides is 2. The second-order valence-electron chi connectivity index (χ2n) is 4.63. The van der Waals surface area contributed by atoms with Crippen LogP contribution >= 0.6 is 0 Å². The minimum absolute atomic E-state index is 0.0533. The average Bonchev–Trinajstić information content (AvgIpc) is 2.81. The molecule has 0 saturated carbocycles. The predicted molar refractivity (Wildman–Crippen MR) is 61.4 cm³/mol. The molecule has 0 radical (unpaired) electrons. The number of hydrogen-bond donors (Lipinski definition) is 3. The summed E-state index contributed by atoms with van der Waals surface area (Å²) in [7, 11) is 0. The van der Waals surface area contributed by atoms with Gasteiger partial charge >= 0.3 is 6.03 Å². The Morgan fingerprint density at radius 3 is 3.06 bits per heavy atom. The van der Waals surface area contributed by atoms with E-state index in [1.54, 1.807) is 0 Å². The Hall–Kier alpha value is -0.810. The van der Waals surface area contributed by atoms with Crippen molar-refractivity contribution >= 4 is 6.03 Å². The van der Waals surface area contributed by atoms with Crippen molar-refractivity contribution in [2.45, 2.75) is 25.3 Å². The molecule has 0 aliphatic carbocycles. The third-order valence-corrected chi connectivity index (χ3v) is 3.21. The highest BCUT2D eigenvalue weighted by molar-refractivity contribution is 5.74. The van der Waals surface area contributed by atoms with Crippen molar-refractivity contribution in [2.75, 3.05) is 32.8 Å². The SMILES string of the molecule is O=C(NCC1CCNC1)NC1CCCOC1. The Labute approximate surface area is 96.3 Å². The van der Waals surface area contributed by atoms with Gasteiger partial charge in [-0.2, -0.15) is 0 Å². The van der Waals surface area contributed by atoms with E-state index in [0.717, 1.165) is 45.5 Å². The van der Waals surface area contributed by atoms with Crippen LogP contribution in [0.1, 0.15) is 19.3 Å². The molecule has 3 N–H and O–H groups in total. The van der Waals surface area contributed by atoms with Crippen LogP contribution in [0.5, 0.6) is 0 Å². The molecular formula is C11H21N3O2. The van der Waals surface area contributed by atoms with Crippen molar-refractivity contribution in [3.8, 4) is 0 Å². The maximum Gasteiger partial charge on any atom is 0.315 e. The lowest BCUT2D eigenvalue weighted by molar-refractivity contribution is 0.0731. The van der Waals surface area contributed by atoms with Gasteiger partial charge < -0.3 is 20.7 Å². The summed E-state index contributed by atoms with van der Waals surface area (Å²) in [6, 6.07) is 0.137. The van der Waals surface area contributed by atoms with Gasteiger partial charge in [-0.15, -0.1) is 0 Å². The molecule has 2 aliphatic rings. The minimum Gasteiger partial charge on any atom is -0.379 e. The summed E-state index contributed by atoms with van der Waals surface area (Å²) in [6.45, 7) is 4.34. The molecule has 2 rings (SSSR count). The van der Waals surface area contributed by atoms with E-state index in [9.17, 15) is 4.79 Å². The lowest BCUT2D eigenvalue weighted by Gasteiger charge is -2.23. The Bertz CT molecular complexity index is 223. The first kappa shape index (κ1) is 11.7. The Kier molecular flexibility index (Phi) is 4.42. The summed E-state index contributed by atoms with van der Waals surface area (Å²) in [5.41, 5.74) is 0. The number of hydrogen-bond acceptors (Lipinski definition) is 3. The van der Waals surface area contributed by atoms with Gasteiger partial charge in [0.2, 0.25) is 0 Å². The predicted octanol–water partition coefficient (Wildman–Crippen LogP) is 0.0741. The van der Waals surface area contributed by atoms with E-state index in [1.807, 2.05) is 0 Å². The molecule has 2 unspecified atom stereocenters. The van der Waals surface area contributed by atoms with Crippen LogP contribution in [0.25, 0.3) is 0 Å². The van der Waals surface area contributed by atoms with Crippen LogP contribution in [0.15, 0.2) is 0 Å². The van der Waals surface area contributed by atoms with E-state index in [4.69, 9.17) is 4.74 Å². The number of carbonyl (C=O) groups is 1. The van der Waals surface area contributed by atoms with Crippen LogP contribution in [-0.2, 0) is 4.74 Å². The molecule has 2 saturated heterocycles. The molecule has 0 aromatic carbocycles. The van der Waals surface area contributed by atoms with Gasteiger partial charge in [0, 0.05) is 13.2 Å². The number of rotatable bonds is 3. The highest BCUT2D eigenvalue weighted by atomic mass is 16.5. The van der Waals surface area contributed by atoms with Crippen molar-refractivity contribution in [1.29, 1.82) is 0 Å². The normalized spacial score (nSPS) is 30.0. The fourth-order valence-corrected chi connectivity index (χ4v) is 2.22. The van der Waals surface area contributed by atoms with Crippen LogP contribution in [0.2, 0.25) is 0 Å². The number of carbonyl (C=O) groups excluding carboxylic acids is 1. The molecule has 16 heavy (non-hydrogen) atoms. The van der Waals surface area contributed by atoms with Gasteiger partial charge in [0.25, 0.3) is 0 Å². The van der Waals surface area contributed by atoms with Crippen LogP contribution in [0, 0.1) is 5.92 Å². The Morgan fingerprint density at radius 2 is 2.38 bits per heavy atom. The lowest BCUT2D eigenvalue weighted by atomic mass is 10.1. The molecule has 0 spiro atoms. The molecule has 0 aromatic heterocycles. The van der Waals surface area contributed by atoms with Crippen molar-refractivity contribution in [3.63, 3.8) is 0 Å². The van der Waals surface area contributed by atoms with E-state index in [0.29, 0.717) is 12.5 Å².